The number of esters is 2. The molecule has 0 bridgehead atoms. The van der Waals surface area contributed by atoms with Crippen molar-refractivity contribution >= 4 is 11.9 Å². The third-order valence-electron chi connectivity index (χ3n) is 6.95. The van der Waals surface area contributed by atoms with Crippen molar-refractivity contribution in [1.29, 1.82) is 0 Å². The minimum Gasteiger partial charge on any atom is -0.462 e. The van der Waals surface area contributed by atoms with Crippen LogP contribution >= 0.6 is 0 Å². The quantitative estimate of drug-likeness (QED) is 0.544. The van der Waals surface area contributed by atoms with E-state index in [4.69, 9.17) is 9.47 Å². The van der Waals surface area contributed by atoms with Gasteiger partial charge < -0.3 is 9.47 Å². The summed E-state index contributed by atoms with van der Waals surface area (Å²) in [5.41, 5.74) is 4.53. The standard InChI is InChI=1S/C22H30O4/c1-12(23)25-17-10-15-7-5-6-14-8-9-16-11-22(3,4)21(26-13(2)24)20(17)19(16)18(14)15/h9,15,17,19-21H,5-8,10-11H2,1-4H3/t15-,17+,19-,20?,21+/m0/s1. The van der Waals surface area contributed by atoms with E-state index in [0.717, 1.165) is 19.3 Å². The molecule has 4 aliphatic carbocycles. The first kappa shape index (κ1) is 17.8. The van der Waals surface area contributed by atoms with Crippen LogP contribution in [0.15, 0.2) is 22.8 Å². The normalized spacial score (nSPS) is 37.4. The van der Waals surface area contributed by atoms with Crippen LogP contribution in [0.1, 0.15) is 66.2 Å². The van der Waals surface area contributed by atoms with Gasteiger partial charge in [-0.05, 0) is 44.4 Å². The Morgan fingerprint density at radius 2 is 1.88 bits per heavy atom. The third kappa shape index (κ3) is 2.82. The highest BCUT2D eigenvalue weighted by Crippen LogP contribution is 2.60. The van der Waals surface area contributed by atoms with Crippen molar-refractivity contribution in [1.82, 2.24) is 0 Å². The summed E-state index contributed by atoms with van der Waals surface area (Å²) < 4.78 is 11.7. The predicted molar refractivity (Wildman–Crippen MR) is 98.2 cm³/mol. The van der Waals surface area contributed by atoms with E-state index >= 15 is 0 Å². The molecule has 26 heavy (non-hydrogen) atoms. The number of hydrogen-bond acceptors (Lipinski definition) is 4. The Morgan fingerprint density at radius 3 is 2.58 bits per heavy atom. The fraction of sp³-hybridized carbons (Fsp3) is 0.727. The van der Waals surface area contributed by atoms with Crippen molar-refractivity contribution < 1.29 is 19.1 Å². The van der Waals surface area contributed by atoms with Crippen molar-refractivity contribution in [3.63, 3.8) is 0 Å². The molecule has 0 heterocycles. The molecule has 0 radical (unpaired) electrons. The number of ether oxygens (including phenoxy) is 2. The Balaban J connectivity index is 1.81. The largest absolute Gasteiger partial charge is 0.462 e. The summed E-state index contributed by atoms with van der Waals surface area (Å²) in [7, 11) is 0. The molecule has 5 atom stereocenters. The molecule has 4 rings (SSSR count). The fourth-order valence-electron chi connectivity index (χ4n) is 6.23. The summed E-state index contributed by atoms with van der Waals surface area (Å²) in [4.78, 5) is 23.7. The summed E-state index contributed by atoms with van der Waals surface area (Å²) in [6, 6.07) is 0. The van der Waals surface area contributed by atoms with E-state index in [-0.39, 0.29) is 35.5 Å². The SMILES string of the molecule is CC(=O)O[C@@H]1C2[C@H]3C(=CCC4=C3[C@@H](CCC4)C[C@H]2OC(C)=O)CC1(C)C. The molecule has 2 fully saturated rings. The Hall–Kier alpha value is -1.58. The Labute approximate surface area is 156 Å². The van der Waals surface area contributed by atoms with Crippen LogP contribution in [0.5, 0.6) is 0 Å². The first-order chi connectivity index (χ1) is 12.3. The van der Waals surface area contributed by atoms with Gasteiger partial charge in [-0.1, -0.05) is 36.6 Å². The number of carbonyl (C=O) groups excluding carboxylic acids is 2. The summed E-state index contributed by atoms with van der Waals surface area (Å²) in [5, 5.41) is 0. The van der Waals surface area contributed by atoms with Gasteiger partial charge >= 0.3 is 11.9 Å². The molecule has 0 N–H and O–H groups in total. The van der Waals surface area contributed by atoms with Gasteiger partial charge in [-0.25, -0.2) is 0 Å². The van der Waals surface area contributed by atoms with Gasteiger partial charge in [-0.15, -0.1) is 0 Å². The lowest BCUT2D eigenvalue weighted by atomic mass is 9.51. The molecule has 0 amide bonds. The molecule has 4 heteroatoms. The molecule has 2 saturated carbocycles. The van der Waals surface area contributed by atoms with Crippen molar-refractivity contribution in [3.8, 4) is 0 Å². The summed E-state index contributed by atoms with van der Waals surface area (Å²) in [5.74, 6) is 0.377. The van der Waals surface area contributed by atoms with Crippen LogP contribution in [-0.4, -0.2) is 24.1 Å². The van der Waals surface area contributed by atoms with Crippen molar-refractivity contribution in [2.45, 2.75) is 78.4 Å². The second kappa shape index (κ2) is 6.24. The Morgan fingerprint density at radius 1 is 1.15 bits per heavy atom. The zero-order chi connectivity index (χ0) is 18.6. The molecule has 0 saturated heterocycles. The molecule has 0 aliphatic heterocycles. The zero-order valence-corrected chi connectivity index (χ0v) is 16.3. The lowest BCUT2D eigenvalue weighted by Gasteiger charge is -2.57. The molecule has 0 aromatic heterocycles. The summed E-state index contributed by atoms with van der Waals surface area (Å²) >= 11 is 0. The van der Waals surface area contributed by atoms with E-state index < -0.39 is 0 Å². The minimum absolute atomic E-state index is 0.0393. The highest BCUT2D eigenvalue weighted by Gasteiger charge is 2.57. The van der Waals surface area contributed by atoms with Gasteiger partial charge in [-0.3, -0.25) is 9.59 Å². The maximum Gasteiger partial charge on any atom is 0.302 e. The third-order valence-corrected chi connectivity index (χ3v) is 6.95. The average Bonchev–Trinajstić information content (AvgIpc) is 2.54. The Kier molecular flexibility index (Phi) is 4.28. The van der Waals surface area contributed by atoms with E-state index in [1.807, 2.05) is 0 Å². The van der Waals surface area contributed by atoms with Gasteiger partial charge in [0.15, 0.2) is 0 Å². The van der Waals surface area contributed by atoms with E-state index in [2.05, 4.69) is 19.9 Å². The molecule has 4 nitrogen and oxygen atoms in total. The van der Waals surface area contributed by atoms with Crippen LogP contribution in [0.3, 0.4) is 0 Å². The molecule has 0 spiro atoms. The fourth-order valence-corrected chi connectivity index (χ4v) is 6.23. The lowest BCUT2D eigenvalue weighted by molar-refractivity contribution is -0.179. The second-order valence-corrected chi connectivity index (χ2v) is 9.27. The second-order valence-electron chi connectivity index (χ2n) is 9.27. The topological polar surface area (TPSA) is 52.6 Å². The van der Waals surface area contributed by atoms with Gasteiger partial charge in [0.2, 0.25) is 0 Å². The summed E-state index contributed by atoms with van der Waals surface area (Å²) in [6.45, 7) is 7.34. The van der Waals surface area contributed by atoms with E-state index in [1.165, 1.54) is 38.7 Å². The van der Waals surface area contributed by atoms with Crippen molar-refractivity contribution in [2.75, 3.05) is 0 Å². The molecular formula is C22H30O4. The van der Waals surface area contributed by atoms with E-state index in [9.17, 15) is 9.59 Å². The van der Waals surface area contributed by atoms with E-state index in [0.29, 0.717) is 11.8 Å². The average molecular weight is 358 g/mol. The maximum absolute atomic E-state index is 11.9. The first-order valence-corrected chi connectivity index (χ1v) is 10.0. The molecule has 0 aromatic rings. The van der Waals surface area contributed by atoms with Crippen molar-refractivity contribution in [2.24, 2.45) is 23.2 Å². The van der Waals surface area contributed by atoms with Crippen LogP contribution in [-0.2, 0) is 19.1 Å². The zero-order valence-electron chi connectivity index (χ0n) is 16.3. The van der Waals surface area contributed by atoms with Gasteiger partial charge in [-0.2, -0.15) is 0 Å². The highest BCUT2D eigenvalue weighted by atomic mass is 16.6. The Bertz CT molecular complexity index is 699. The van der Waals surface area contributed by atoms with Gasteiger partial charge in [0, 0.05) is 31.1 Å². The monoisotopic (exact) mass is 358 g/mol. The first-order valence-electron chi connectivity index (χ1n) is 10.0. The summed E-state index contributed by atoms with van der Waals surface area (Å²) in [6.07, 6.45) is 8.54. The number of carbonyl (C=O) groups is 2. The van der Waals surface area contributed by atoms with Crippen LogP contribution in [0.4, 0.5) is 0 Å². The van der Waals surface area contributed by atoms with Crippen molar-refractivity contribution in [3.05, 3.63) is 22.8 Å². The lowest BCUT2D eigenvalue weighted by Crippen LogP contribution is -2.57. The highest BCUT2D eigenvalue weighted by molar-refractivity contribution is 5.67. The van der Waals surface area contributed by atoms with E-state index in [1.54, 1.807) is 11.1 Å². The number of allylic oxidation sites excluding steroid dienone is 4. The smallest absolute Gasteiger partial charge is 0.302 e. The molecule has 142 valence electrons. The number of rotatable bonds is 2. The molecule has 0 aromatic carbocycles. The predicted octanol–water partition coefficient (Wildman–Crippen LogP) is 4.34. The molecule has 1 unspecified atom stereocenters. The molecular weight excluding hydrogens is 328 g/mol. The van der Waals surface area contributed by atoms with Gasteiger partial charge in [0.25, 0.3) is 0 Å². The van der Waals surface area contributed by atoms with Crippen LogP contribution in [0, 0.1) is 23.2 Å². The number of hydrogen-bond donors (Lipinski definition) is 0. The van der Waals surface area contributed by atoms with Crippen LogP contribution in [0.25, 0.3) is 0 Å². The van der Waals surface area contributed by atoms with Gasteiger partial charge in [0.1, 0.15) is 12.2 Å². The minimum atomic E-state index is -0.243. The van der Waals surface area contributed by atoms with Crippen LogP contribution in [0.2, 0.25) is 0 Å². The van der Waals surface area contributed by atoms with Gasteiger partial charge in [0.05, 0.1) is 0 Å². The van der Waals surface area contributed by atoms with Crippen LogP contribution < -0.4 is 0 Å². The molecule has 4 aliphatic rings. The maximum atomic E-state index is 11.9.